The molecule has 1 aromatic carbocycles. The van der Waals surface area contributed by atoms with Gasteiger partial charge in [-0.2, -0.15) is 13.2 Å². The first-order chi connectivity index (χ1) is 11.2. The van der Waals surface area contributed by atoms with Crippen molar-refractivity contribution in [3.05, 3.63) is 34.4 Å². The monoisotopic (exact) mass is 347 g/mol. The van der Waals surface area contributed by atoms with Crippen LogP contribution < -0.4 is 10.2 Å². The third-order valence-electron chi connectivity index (χ3n) is 4.06. The van der Waals surface area contributed by atoms with Gasteiger partial charge >= 0.3 is 12.1 Å². The Morgan fingerprint density at radius 1 is 1.21 bits per heavy atom. The average Bonchev–Trinajstić information content (AvgIpc) is 3.08. The number of hydrogen-bond donors (Lipinski definition) is 2. The highest BCUT2D eigenvalue weighted by Crippen LogP contribution is 2.31. The molecule has 2 heterocycles. The smallest absolute Gasteiger partial charge is 0.475 e. The Hall–Kier alpha value is -2.36. The van der Waals surface area contributed by atoms with Crippen molar-refractivity contribution in [1.29, 1.82) is 0 Å². The molecule has 0 amide bonds. The third-order valence-corrected chi connectivity index (χ3v) is 4.06. The molecule has 0 aromatic heterocycles. The van der Waals surface area contributed by atoms with Crippen molar-refractivity contribution < 1.29 is 28.0 Å². The lowest BCUT2D eigenvalue weighted by atomic mass is 10.0. The number of aliphatic carboxylic acids is 1. The predicted octanol–water partition coefficient (Wildman–Crippen LogP) is 1.88. The van der Waals surface area contributed by atoms with E-state index in [2.05, 4.69) is 10.2 Å². The molecule has 0 radical (unpaired) electrons. The zero-order chi connectivity index (χ0) is 17.9. The van der Waals surface area contributed by atoms with Crippen LogP contribution in [-0.4, -0.2) is 48.4 Å². The van der Waals surface area contributed by atoms with Crippen LogP contribution in [0.2, 0.25) is 0 Å². The Morgan fingerprint density at radius 3 is 2.04 bits per heavy atom. The number of nitrogens with zero attached hydrogens (tertiary/aromatic N) is 2. The van der Waals surface area contributed by atoms with Crippen molar-refractivity contribution in [2.24, 2.45) is 11.8 Å². The number of rotatable bonds is 2. The highest BCUT2D eigenvalue weighted by Gasteiger charge is 2.38. The number of benzene rings is 1. The van der Waals surface area contributed by atoms with Crippen molar-refractivity contribution in [1.82, 2.24) is 5.32 Å². The summed E-state index contributed by atoms with van der Waals surface area (Å²) >= 11 is 0. The lowest BCUT2D eigenvalue weighted by Crippen LogP contribution is -2.25. The minimum absolute atomic E-state index is 0.162. The Morgan fingerprint density at radius 2 is 1.67 bits per heavy atom. The van der Waals surface area contributed by atoms with Crippen molar-refractivity contribution in [2.75, 3.05) is 31.1 Å². The van der Waals surface area contributed by atoms with E-state index in [0.717, 1.165) is 43.7 Å². The van der Waals surface area contributed by atoms with E-state index in [9.17, 15) is 23.3 Å². The molecule has 2 saturated heterocycles. The summed E-state index contributed by atoms with van der Waals surface area (Å²) in [6.45, 7) is 4.34. The van der Waals surface area contributed by atoms with Crippen LogP contribution in [0.4, 0.5) is 24.5 Å². The van der Waals surface area contributed by atoms with E-state index in [4.69, 9.17) is 9.90 Å². The molecule has 2 aliphatic rings. The van der Waals surface area contributed by atoms with E-state index >= 15 is 0 Å². The molecule has 3 rings (SSSR count). The number of fused-ring (bicyclic) bond motifs is 1. The van der Waals surface area contributed by atoms with Gasteiger partial charge in [0.1, 0.15) is 0 Å². The van der Waals surface area contributed by atoms with Crippen LogP contribution in [0.15, 0.2) is 24.3 Å². The molecule has 10 heteroatoms. The van der Waals surface area contributed by atoms with Gasteiger partial charge in [-0.25, -0.2) is 4.79 Å². The van der Waals surface area contributed by atoms with Gasteiger partial charge in [-0.15, -0.1) is 0 Å². The molecule has 0 unspecified atom stereocenters. The van der Waals surface area contributed by atoms with Crippen molar-refractivity contribution in [3.8, 4) is 0 Å². The highest BCUT2D eigenvalue weighted by molar-refractivity contribution is 5.73. The van der Waals surface area contributed by atoms with Gasteiger partial charge in [0.25, 0.3) is 5.69 Å². The number of anilines is 1. The lowest BCUT2D eigenvalue weighted by molar-refractivity contribution is -0.384. The zero-order valence-corrected chi connectivity index (χ0v) is 12.5. The molecule has 0 spiro atoms. The van der Waals surface area contributed by atoms with E-state index in [1.807, 2.05) is 12.1 Å². The second-order valence-electron chi connectivity index (χ2n) is 5.66. The molecule has 24 heavy (non-hydrogen) atoms. The maximum atomic E-state index is 10.6. The molecule has 0 bridgehead atoms. The van der Waals surface area contributed by atoms with Gasteiger partial charge in [-0.1, -0.05) is 0 Å². The lowest BCUT2D eigenvalue weighted by Gasteiger charge is -2.19. The molecule has 2 fully saturated rings. The van der Waals surface area contributed by atoms with Gasteiger partial charge in [0.15, 0.2) is 0 Å². The standard InChI is InChI=1S/C12H15N3O2.C2HF3O2/c16-15(17)12-3-1-11(2-4-12)14-7-9-5-13-6-10(9)8-14;3-2(4,5)1(6)7/h1-4,9-10,13H,5-8H2;(H,6,7)/t9-,10-;/m0./s1. The van der Waals surface area contributed by atoms with E-state index in [0.29, 0.717) is 0 Å². The van der Waals surface area contributed by atoms with Gasteiger partial charge in [0, 0.05) is 44.0 Å². The number of nitro groups is 1. The SMILES string of the molecule is O=C(O)C(F)(F)F.O=[N+]([O-])c1ccc(N2C[C@@H]3CNC[C@H]3C2)cc1. The fourth-order valence-corrected chi connectivity index (χ4v) is 2.85. The number of halogens is 3. The summed E-state index contributed by atoms with van der Waals surface area (Å²) < 4.78 is 31.7. The van der Waals surface area contributed by atoms with Gasteiger partial charge in [0.05, 0.1) is 4.92 Å². The first-order valence-corrected chi connectivity index (χ1v) is 7.18. The third kappa shape index (κ3) is 4.34. The fraction of sp³-hybridized carbons (Fsp3) is 0.500. The van der Waals surface area contributed by atoms with Crippen LogP contribution in [-0.2, 0) is 4.79 Å². The van der Waals surface area contributed by atoms with Crippen LogP contribution in [0.3, 0.4) is 0 Å². The summed E-state index contributed by atoms with van der Waals surface area (Å²) in [5, 5.41) is 21.1. The minimum Gasteiger partial charge on any atom is -0.475 e. The number of non-ortho nitro benzene ring substituents is 1. The van der Waals surface area contributed by atoms with Gasteiger partial charge < -0.3 is 15.3 Å². The first-order valence-electron chi connectivity index (χ1n) is 7.18. The molecule has 7 nitrogen and oxygen atoms in total. The Balaban J connectivity index is 0.000000256. The van der Waals surface area contributed by atoms with E-state index < -0.39 is 12.1 Å². The molecule has 2 aliphatic heterocycles. The Bertz CT molecular complexity index is 594. The Labute approximate surface area is 135 Å². The second-order valence-corrected chi connectivity index (χ2v) is 5.66. The fourth-order valence-electron chi connectivity index (χ4n) is 2.85. The summed E-state index contributed by atoms with van der Waals surface area (Å²) in [5.41, 5.74) is 1.26. The van der Waals surface area contributed by atoms with Crippen LogP contribution in [0.1, 0.15) is 0 Å². The summed E-state index contributed by atoms with van der Waals surface area (Å²) in [4.78, 5) is 21.5. The average molecular weight is 347 g/mol. The number of nitro benzene ring substituents is 1. The molecular weight excluding hydrogens is 331 g/mol. The van der Waals surface area contributed by atoms with Gasteiger partial charge in [0.2, 0.25) is 0 Å². The topological polar surface area (TPSA) is 95.7 Å². The summed E-state index contributed by atoms with van der Waals surface area (Å²) in [7, 11) is 0. The quantitative estimate of drug-likeness (QED) is 0.626. The zero-order valence-electron chi connectivity index (χ0n) is 12.5. The summed E-state index contributed by atoms with van der Waals surface area (Å²) in [5.74, 6) is -1.28. The predicted molar refractivity (Wildman–Crippen MR) is 78.8 cm³/mol. The normalized spacial score (nSPS) is 22.5. The van der Waals surface area contributed by atoms with Crippen molar-refractivity contribution in [2.45, 2.75) is 6.18 Å². The first kappa shape index (κ1) is 18.0. The number of carboxylic acid groups (broad SMARTS) is 1. The highest BCUT2D eigenvalue weighted by atomic mass is 19.4. The molecule has 132 valence electrons. The van der Waals surface area contributed by atoms with E-state index in [1.165, 1.54) is 0 Å². The van der Waals surface area contributed by atoms with E-state index in [-0.39, 0.29) is 10.6 Å². The second kappa shape index (κ2) is 7.04. The number of alkyl halides is 3. The maximum Gasteiger partial charge on any atom is 0.490 e. The molecular formula is C14H16F3N3O4. The number of carbonyl (C=O) groups is 1. The molecule has 0 aliphatic carbocycles. The van der Waals surface area contributed by atoms with Crippen LogP contribution in [0.25, 0.3) is 0 Å². The number of nitrogens with one attached hydrogen (secondary N) is 1. The van der Waals surface area contributed by atoms with Crippen LogP contribution in [0.5, 0.6) is 0 Å². The van der Waals surface area contributed by atoms with Gasteiger partial charge in [-0.3, -0.25) is 10.1 Å². The maximum absolute atomic E-state index is 10.6. The minimum atomic E-state index is -5.08. The van der Waals surface area contributed by atoms with Crippen molar-refractivity contribution >= 4 is 17.3 Å². The van der Waals surface area contributed by atoms with Gasteiger partial charge in [-0.05, 0) is 24.0 Å². The Kier molecular flexibility index (Phi) is 5.27. The molecule has 1 aromatic rings. The van der Waals surface area contributed by atoms with Crippen LogP contribution >= 0.6 is 0 Å². The summed E-state index contributed by atoms with van der Waals surface area (Å²) in [6.07, 6.45) is -5.08. The largest absolute Gasteiger partial charge is 0.490 e. The molecule has 0 saturated carbocycles. The van der Waals surface area contributed by atoms with Crippen LogP contribution in [0, 0.1) is 22.0 Å². The molecule has 2 N–H and O–H groups in total. The number of carboxylic acids is 1. The summed E-state index contributed by atoms with van der Waals surface area (Å²) in [6, 6.07) is 6.88. The van der Waals surface area contributed by atoms with Crippen molar-refractivity contribution in [3.63, 3.8) is 0 Å². The number of hydrogen-bond acceptors (Lipinski definition) is 5. The van der Waals surface area contributed by atoms with E-state index in [1.54, 1.807) is 12.1 Å². The molecule has 2 atom stereocenters.